The molecular formula is C14H17Cl2FN2O. The van der Waals surface area contributed by atoms with Gasteiger partial charge in [-0.1, -0.05) is 23.2 Å². The number of carbonyl (C=O) groups is 1. The number of halogens is 3. The van der Waals surface area contributed by atoms with Gasteiger partial charge in [0, 0.05) is 17.6 Å². The van der Waals surface area contributed by atoms with Crippen LogP contribution >= 0.6 is 23.2 Å². The molecule has 6 heteroatoms. The first-order chi connectivity index (χ1) is 9.49. The molecule has 2 rings (SSSR count). The molecule has 1 aromatic rings. The molecule has 110 valence electrons. The standard InChI is InChI=1S/C14H17Cl2FN2O/c1-8(9-6-12(17)11(16)7-10(9)15)19-13-4-2-3-5-18-14(13)20/h6-8,13,19H,2-5H2,1H3,(H,18,20). The highest BCUT2D eigenvalue weighted by atomic mass is 35.5. The van der Waals surface area contributed by atoms with Crippen molar-refractivity contribution in [3.05, 3.63) is 33.6 Å². The van der Waals surface area contributed by atoms with Crippen molar-refractivity contribution in [2.24, 2.45) is 0 Å². The maximum atomic E-state index is 13.5. The van der Waals surface area contributed by atoms with Gasteiger partial charge in [-0.3, -0.25) is 10.1 Å². The van der Waals surface area contributed by atoms with Crippen molar-refractivity contribution in [2.45, 2.75) is 38.3 Å². The minimum atomic E-state index is -0.509. The van der Waals surface area contributed by atoms with Crippen LogP contribution in [0.4, 0.5) is 4.39 Å². The van der Waals surface area contributed by atoms with Crippen LogP contribution in [0, 0.1) is 5.82 Å². The average Bonchev–Trinajstić information content (AvgIpc) is 2.59. The predicted octanol–water partition coefficient (Wildman–Crippen LogP) is 3.45. The van der Waals surface area contributed by atoms with E-state index in [9.17, 15) is 9.18 Å². The van der Waals surface area contributed by atoms with Gasteiger partial charge < -0.3 is 5.32 Å². The summed E-state index contributed by atoms with van der Waals surface area (Å²) in [4.78, 5) is 11.9. The number of benzene rings is 1. The molecule has 1 heterocycles. The van der Waals surface area contributed by atoms with Crippen molar-refractivity contribution in [1.29, 1.82) is 0 Å². The fraction of sp³-hybridized carbons (Fsp3) is 0.500. The van der Waals surface area contributed by atoms with Gasteiger partial charge in [-0.05, 0) is 43.9 Å². The molecule has 1 aliphatic rings. The molecule has 2 N–H and O–H groups in total. The summed E-state index contributed by atoms with van der Waals surface area (Å²) in [5.41, 5.74) is 0.602. The number of amides is 1. The molecule has 2 unspecified atom stereocenters. The van der Waals surface area contributed by atoms with E-state index >= 15 is 0 Å². The van der Waals surface area contributed by atoms with Crippen LogP contribution in [0.1, 0.15) is 37.8 Å². The molecule has 0 radical (unpaired) electrons. The summed E-state index contributed by atoms with van der Waals surface area (Å²) in [6.45, 7) is 2.56. The molecular weight excluding hydrogens is 302 g/mol. The summed E-state index contributed by atoms with van der Waals surface area (Å²) in [6, 6.07) is 2.20. The minimum Gasteiger partial charge on any atom is -0.355 e. The first-order valence-corrected chi connectivity index (χ1v) is 7.43. The highest BCUT2D eigenvalue weighted by molar-refractivity contribution is 6.35. The molecule has 20 heavy (non-hydrogen) atoms. The van der Waals surface area contributed by atoms with Crippen molar-refractivity contribution < 1.29 is 9.18 Å². The summed E-state index contributed by atoms with van der Waals surface area (Å²) >= 11 is 11.8. The van der Waals surface area contributed by atoms with Gasteiger partial charge >= 0.3 is 0 Å². The van der Waals surface area contributed by atoms with Gasteiger partial charge in [-0.15, -0.1) is 0 Å². The smallest absolute Gasteiger partial charge is 0.237 e. The minimum absolute atomic E-state index is 0.00170. The molecule has 1 saturated heterocycles. The highest BCUT2D eigenvalue weighted by Gasteiger charge is 2.23. The van der Waals surface area contributed by atoms with E-state index in [0.717, 1.165) is 19.3 Å². The third kappa shape index (κ3) is 3.62. The fourth-order valence-electron chi connectivity index (χ4n) is 2.36. The van der Waals surface area contributed by atoms with Crippen LogP contribution in [0.2, 0.25) is 10.0 Å². The molecule has 2 atom stereocenters. The molecule has 3 nitrogen and oxygen atoms in total. The lowest BCUT2D eigenvalue weighted by atomic mass is 10.0. The number of rotatable bonds is 3. The Labute approximate surface area is 127 Å². The van der Waals surface area contributed by atoms with E-state index in [1.807, 2.05) is 6.92 Å². The zero-order chi connectivity index (χ0) is 14.7. The second-order valence-electron chi connectivity index (χ2n) is 5.02. The van der Waals surface area contributed by atoms with E-state index in [0.29, 0.717) is 17.1 Å². The molecule has 1 amide bonds. The van der Waals surface area contributed by atoms with Gasteiger partial charge in [0.15, 0.2) is 0 Å². The summed E-state index contributed by atoms with van der Waals surface area (Å²) in [5.74, 6) is -0.523. The summed E-state index contributed by atoms with van der Waals surface area (Å²) in [5, 5.41) is 6.46. The Morgan fingerprint density at radius 3 is 2.85 bits per heavy atom. The summed E-state index contributed by atoms with van der Waals surface area (Å²) in [6.07, 6.45) is 2.73. The van der Waals surface area contributed by atoms with E-state index in [1.54, 1.807) is 0 Å². The maximum absolute atomic E-state index is 13.5. The van der Waals surface area contributed by atoms with Gasteiger partial charge in [-0.2, -0.15) is 0 Å². The van der Waals surface area contributed by atoms with Gasteiger partial charge in [0.25, 0.3) is 0 Å². The van der Waals surface area contributed by atoms with Crippen molar-refractivity contribution in [2.75, 3.05) is 6.54 Å². The van der Waals surface area contributed by atoms with Crippen LogP contribution in [0.15, 0.2) is 12.1 Å². The van der Waals surface area contributed by atoms with E-state index in [1.165, 1.54) is 12.1 Å². The van der Waals surface area contributed by atoms with Crippen LogP contribution < -0.4 is 10.6 Å². The Bertz CT molecular complexity index is 510. The Hall–Kier alpha value is -0.840. The quantitative estimate of drug-likeness (QED) is 0.838. The van der Waals surface area contributed by atoms with Crippen LogP contribution in [0.3, 0.4) is 0 Å². The molecule has 0 aromatic heterocycles. The molecule has 1 aromatic carbocycles. The highest BCUT2D eigenvalue weighted by Crippen LogP contribution is 2.29. The zero-order valence-corrected chi connectivity index (χ0v) is 12.7. The van der Waals surface area contributed by atoms with Gasteiger partial charge in [0.2, 0.25) is 5.91 Å². The summed E-state index contributed by atoms with van der Waals surface area (Å²) in [7, 11) is 0. The first kappa shape index (κ1) is 15.5. The second kappa shape index (κ2) is 6.74. The third-order valence-electron chi connectivity index (χ3n) is 3.49. The lowest BCUT2D eigenvalue weighted by Crippen LogP contribution is -2.43. The van der Waals surface area contributed by atoms with E-state index < -0.39 is 5.82 Å². The number of carbonyl (C=O) groups excluding carboxylic acids is 1. The first-order valence-electron chi connectivity index (χ1n) is 6.67. The van der Waals surface area contributed by atoms with Crippen molar-refractivity contribution >= 4 is 29.1 Å². The molecule has 0 aliphatic carbocycles. The van der Waals surface area contributed by atoms with Crippen LogP contribution in [-0.2, 0) is 4.79 Å². The molecule has 1 fully saturated rings. The monoisotopic (exact) mass is 318 g/mol. The van der Waals surface area contributed by atoms with Crippen molar-refractivity contribution in [1.82, 2.24) is 10.6 Å². The SMILES string of the molecule is CC(NC1CCCCNC1=O)c1cc(F)c(Cl)cc1Cl. The number of hydrogen-bond donors (Lipinski definition) is 2. The van der Waals surface area contributed by atoms with Gasteiger partial charge in [0.05, 0.1) is 11.1 Å². The van der Waals surface area contributed by atoms with Crippen molar-refractivity contribution in [3.63, 3.8) is 0 Å². The predicted molar refractivity (Wildman–Crippen MR) is 78.6 cm³/mol. The normalized spacial score (nSPS) is 21.2. The Kier molecular flexibility index (Phi) is 5.24. The van der Waals surface area contributed by atoms with Crippen molar-refractivity contribution in [3.8, 4) is 0 Å². The fourth-order valence-corrected chi connectivity index (χ4v) is 2.91. The largest absolute Gasteiger partial charge is 0.355 e. The van der Waals surface area contributed by atoms with Crippen LogP contribution in [0.25, 0.3) is 0 Å². The van der Waals surface area contributed by atoms with Crippen LogP contribution in [0.5, 0.6) is 0 Å². The summed E-state index contributed by atoms with van der Waals surface area (Å²) < 4.78 is 13.5. The lowest BCUT2D eigenvalue weighted by Gasteiger charge is -2.22. The molecule has 0 saturated carbocycles. The number of hydrogen-bond acceptors (Lipinski definition) is 2. The molecule has 0 bridgehead atoms. The Morgan fingerprint density at radius 2 is 2.10 bits per heavy atom. The maximum Gasteiger partial charge on any atom is 0.237 e. The van der Waals surface area contributed by atoms with Crippen LogP contribution in [-0.4, -0.2) is 18.5 Å². The second-order valence-corrected chi connectivity index (χ2v) is 5.83. The van der Waals surface area contributed by atoms with E-state index in [4.69, 9.17) is 23.2 Å². The van der Waals surface area contributed by atoms with Gasteiger partial charge in [-0.25, -0.2) is 4.39 Å². The van der Waals surface area contributed by atoms with E-state index in [2.05, 4.69) is 10.6 Å². The Balaban J connectivity index is 2.13. The van der Waals surface area contributed by atoms with Gasteiger partial charge in [0.1, 0.15) is 5.82 Å². The number of nitrogens with one attached hydrogen (secondary N) is 2. The topological polar surface area (TPSA) is 41.1 Å². The Morgan fingerprint density at radius 1 is 1.35 bits per heavy atom. The third-order valence-corrected chi connectivity index (χ3v) is 4.11. The molecule has 0 spiro atoms. The average molecular weight is 319 g/mol. The lowest BCUT2D eigenvalue weighted by molar-refractivity contribution is -0.123. The molecule has 1 aliphatic heterocycles. The zero-order valence-electron chi connectivity index (χ0n) is 11.2. The van der Waals surface area contributed by atoms with E-state index in [-0.39, 0.29) is 23.0 Å².